The second kappa shape index (κ2) is 6.22. The summed E-state index contributed by atoms with van der Waals surface area (Å²) in [6, 6.07) is 14.0. The van der Waals surface area contributed by atoms with Gasteiger partial charge in [-0.2, -0.15) is 0 Å². The van der Waals surface area contributed by atoms with E-state index in [1.54, 1.807) is 0 Å². The van der Waals surface area contributed by atoms with Crippen LogP contribution >= 0.6 is 0 Å². The summed E-state index contributed by atoms with van der Waals surface area (Å²) in [6.45, 7) is 4.21. The molecule has 1 aliphatic rings. The van der Waals surface area contributed by atoms with Crippen LogP contribution in [0.15, 0.2) is 42.5 Å². The summed E-state index contributed by atoms with van der Waals surface area (Å²) in [4.78, 5) is 12.6. The zero-order chi connectivity index (χ0) is 15.5. The van der Waals surface area contributed by atoms with Gasteiger partial charge in [-0.05, 0) is 35.6 Å². The van der Waals surface area contributed by atoms with Crippen LogP contribution in [0.5, 0.6) is 5.75 Å². The molecule has 3 heteroatoms. The Hall–Kier alpha value is -2.29. The summed E-state index contributed by atoms with van der Waals surface area (Å²) in [5.74, 6) is 0.758. The van der Waals surface area contributed by atoms with E-state index in [0.717, 1.165) is 29.8 Å². The lowest BCUT2D eigenvalue weighted by Gasteiger charge is -2.17. The van der Waals surface area contributed by atoms with Crippen LogP contribution in [0.4, 0.5) is 5.69 Å². The Kier molecular flexibility index (Phi) is 4.14. The van der Waals surface area contributed by atoms with Gasteiger partial charge in [0.2, 0.25) is 0 Å². The van der Waals surface area contributed by atoms with Crippen molar-refractivity contribution >= 4 is 11.6 Å². The van der Waals surface area contributed by atoms with Gasteiger partial charge in [-0.25, -0.2) is 0 Å². The van der Waals surface area contributed by atoms with E-state index in [9.17, 15) is 4.79 Å². The minimum atomic E-state index is -0.438. The standard InChI is InChI=1S/C19H21NO2/c1-3-13-9-7-10-14(4-2)18(13)20-19(21)17-12-15-8-5-6-11-16(15)22-17/h5-11,17H,3-4,12H2,1-2H3,(H,20,21)/t17-/m1/s1. The zero-order valence-electron chi connectivity index (χ0n) is 13.1. The van der Waals surface area contributed by atoms with Crippen molar-refractivity contribution in [2.24, 2.45) is 0 Å². The first kappa shape index (κ1) is 14.6. The lowest BCUT2D eigenvalue weighted by molar-refractivity contribution is -0.122. The van der Waals surface area contributed by atoms with Gasteiger partial charge in [0.05, 0.1) is 0 Å². The summed E-state index contributed by atoms with van der Waals surface area (Å²) in [7, 11) is 0. The smallest absolute Gasteiger partial charge is 0.265 e. The van der Waals surface area contributed by atoms with Crippen LogP contribution in [0.3, 0.4) is 0 Å². The summed E-state index contributed by atoms with van der Waals surface area (Å²) in [5, 5.41) is 3.09. The van der Waals surface area contributed by atoms with E-state index >= 15 is 0 Å². The van der Waals surface area contributed by atoms with Crippen molar-refractivity contribution in [1.82, 2.24) is 0 Å². The lowest BCUT2D eigenvalue weighted by Crippen LogP contribution is -2.32. The molecule has 1 N–H and O–H groups in total. The SMILES string of the molecule is CCc1cccc(CC)c1NC(=O)[C@H]1Cc2ccccc2O1. The fourth-order valence-corrected chi connectivity index (χ4v) is 2.94. The highest BCUT2D eigenvalue weighted by molar-refractivity contribution is 5.96. The molecule has 2 aromatic rings. The second-order valence-corrected chi connectivity index (χ2v) is 5.57. The maximum absolute atomic E-state index is 12.6. The van der Waals surface area contributed by atoms with Crippen molar-refractivity contribution < 1.29 is 9.53 Å². The van der Waals surface area contributed by atoms with Crippen LogP contribution in [-0.2, 0) is 24.1 Å². The first-order valence-corrected chi connectivity index (χ1v) is 7.89. The molecule has 0 unspecified atom stereocenters. The Balaban J connectivity index is 1.79. The van der Waals surface area contributed by atoms with Crippen molar-refractivity contribution in [2.45, 2.75) is 39.2 Å². The zero-order valence-corrected chi connectivity index (χ0v) is 13.1. The summed E-state index contributed by atoms with van der Waals surface area (Å²) in [6.07, 6.45) is 1.99. The normalized spacial score (nSPS) is 16.0. The molecular formula is C19H21NO2. The van der Waals surface area contributed by atoms with Crippen LogP contribution in [0.1, 0.15) is 30.5 Å². The number of amides is 1. The van der Waals surface area contributed by atoms with Gasteiger partial charge < -0.3 is 10.1 Å². The van der Waals surface area contributed by atoms with E-state index in [0.29, 0.717) is 6.42 Å². The number of nitrogens with one attached hydrogen (secondary N) is 1. The molecule has 3 nitrogen and oxygen atoms in total. The number of rotatable bonds is 4. The van der Waals surface area contributed by atoms with Crippen LogP contribution in [0, 0.1) is 0 Å². The van der Waals surface area contributed by atoms with Crippen molar-refractivity contribution in [3.8, 4) is 5.75 Å². The van der Waals surface area contributed by atoms with Gasteiger partial charge in [-0.15, -0.1) is 0 Å². The quantitative estimate of drug-likeness (QED) is 0.933. The van der Waals surface area contributed by atoms with Crippen LogP contribution < -0.4 is 10.1 Å². The van der Waals surface area contributed by atoms with Gasteiger partial charge >= 0.3 is 0 Å². The molecule has 0 saturated carbocycles. The molecule has 0 aliphatic carbocycles. The second-order valence-electron chi connectivity index (χ2n) is 5.57. The topological polar surface area (TPSA) is 38.3 Å². The highest BCUT2D eigenvalue weighted by atomic mass is 16.5. The molecule has 22 heavy (non-hydrogen) atoms. The van der Waals surface area contributed by atoms with E-state index in [-0.39, 0.29) is 5.91 Å². The Morgan fingerprint density at radius 2 is 1.77 bits per heavy atom. The number of hydrogen-bond acceptors (Lipinski definition) is 2. The van der Waals surface area contributed by atoms with E-state index in [1.807, 2.05) is 24.3 Å². The predicted octanol–water partition coefficient (Wildman–Crippen LogP) is 3.75. The lowest BCUT2D eigenvalue weighted by atomic mass is 10.0. The third kappa shape index (κ3) is 2.71. The molecule has 0 bridgehead atoms. The van der Waals surface area contributed by atoms with E-state index in [4.69, 9.17) is 4.74 Å². The Morgan fingerprint density at radius 1 is 1.09 bits per heavy atom. The van der Waals surface area contributed by atoms with Crippen molar-refractivity contribution in [1.29, 1.82) is 0 Å². The molecule has 1 heterocycles. The highest BCUT2D eigenvalue weighted by Crippen LogP contribution is 2.29. The van der Waals surface area contributed by atoms with Crippen LogP contribution in [0.2, 0.25) is 0 Å². The first-order valence-electron chi connectivity index (χ1n) is 7.89. The van der Waals surface area contributed by atoms with E-state index < -0.39 is 6.10 Å². The predicted molar refractivity (Wildman–Crippen MR) is 88.4 cm³/mol. The maximum atomic E-state index is 12.6. The number of fused-ring (bicyclic) bond motifs is 1. The first-order chi connectivity index (χ1) is 10.7. The largest absolute Gasteiger partial charge is 0.480 e. The molecule has 3 rings (SSSR count). The third-order valence-corrected chi connectivity index (χ3v) is 4.19. The van der Waals surface area contributed by atoms with E-state index in [1.165, 1.54) is 11.1 Å². The number of anilines is 1. The number of benzene rings is 2. The third-order valence-electron chi connectivity index (χ3n) is 4.19. The summed E-state index contributed by atoms with van der Waals surface area (Å²) >= 11 is 0. The van der Waals surface area contributed by atoms with E-state index in [2.05, 4.69) is 37.4 Å². The van der Waals surface area contributed by atoms with Crippen molar-refractivity contribution in [3.05, 3.63) is 59.2 Å². The maximum Gasteiger partial charge on any atom is 0.265 e. The van der Waals surface area contributed by atoms with Gasteiger partial charge in [0.15, 0.2) is 6.10 Å². The number of ether oxygens (including phenoxy) is 1. The van der Waals surface area contributed by atoms with Gasteiger partial charge in [0.1, 0.15) is 5.75 Å². The number of aryl methyl sites for hydroxylation is 2. The molecule has 114 valence electrons. The molecular weight excluding hydrogens is 274 g/mol. The summed E-state index contributed by atoms with van der Waals surface area (Å²) < 4.78 is 5.78. The Labute approximate surface area is 131 Å². The number of para-hydroxylation sites is 2. The molecule has 0 spiro atoms. The highest BCUT2D eigenvalue weighted by Gasteiger charge is 2.29. The minimum absolute atomic E-state index is 0.0631. The van der Waals surface area contributed by atoms with Crippen LogP contribution in [-0.4, -0.2) is 12.0 Å². The molecule has 0 saturated heterocycles. The van der Waals surface area contributed by atoms with Crippen LogP contribution in [0.25, 0.3) is 0 Å². The van der Waals surface area contributed by atoms with Gasteiger partial charge in [-0.1, -0.05) is 50.2 Å². The fourth-order valence-electron chi connectivity index (χ4n) is 2.94. The molecule has 2 aromatic carbocycles. The summed E-state index contributed by atoms with van der Waals surface area (Å²) in [5.41, 5.74) is 4.39. The number of hydrogen-bond donors (Lipinski definition) is 1. The molecule has 0 aromatic heterocycles. The number of carbonyl (C=O) groups excluding carboxylic acids is 1. The number of carbonyl (C=O) groups is 1. The Bertz CT molecular complexity index is 646. The monoisotopic (exact) mass is 295 g/mol. The molecule has 0 fully saturated rings. The Morgan fingerprint density at radius 3 is 2.41 bits per heavy atom. The van der Waals surface area contributed by atoms with Gasteiger partial charge in [0, 0.05) is 12.1 Å². The molecule has 0 radical (unpaired) electrons. The van der Waals surface area contributed by atoms with Gasteiger partial charge in [-0.3, -0.25) is 4.79 Å². The molecule has 1 aliphatic heterocycles. The molecule has 1 amide bonds. The average molecular weight is 295 g/mol. The van der Waals surface area contributed by atoms with Gasteiger partial charge in [0.25, 0.3) is 5.91 Å². The fraction of sp³-hybridized carbons (Fsp3) is 0.316. The van der Waals surface area contributed by atoms with Crippen molar-refractivity contribution in [2.75, 3.05) is 5.32 Å². The average Bonchev–Trinajstić information content (AvgIpc) is 2.99. The van der Waals surface area contributed by atoms with Crippen molar-refractivity contribution in [3.63, 3.8) is 0 Å². The minimum Gasteiger partial charge on any atom is -0.480 e. The molecule has 1 atom stereocenters.